The molecule has 3 aromatic heterocycles. The Morgan fingerprint density at radius 3 is 2.02 bits per heavy atom. The normalized spacial score (nSPS) is 12.1. The second-order valence-electron chi connectivity index (χ2n) is 15.7. The molecule has 8 rings (SSSR count). The van der Waals surface area contributed by atoms with Gasteiger partial charge in [0.15, 0.2) is 0 Å². The summed E-state index contributed by atoms with van der Waals surface area (Å²) < 4.78 is 2.17. The van der Waals surface area contributed by atoms with Crippen LogP contribution in [0.4, 0.5) is 0 Å². The number of para-hydroxylation sites is 2. The lowest BCUT2D eigenvalue weighted by atomic mass is 9.82. The Hall–Kier alpha value is -6.07. The number of aromatic hydroxyl groups is 1. The summed E-state index contributed by atoms with van der Waals surface area (Å²) in [6.45, 7) is 13.3. The van der Waals surface area contributed by atoms with Crippen LogP contribution >= 0.6 is 0 Å². The molecular weight excluding hydrogens is 637 g/mol. The maximum Gasteiger partial charge on any atom is 0.149 e. The fourth-order valence-electron chi connectivity index (χ4n) is 7.02. The van der Waals surface area contributed by atoms with Crippen LogP contribution in [0, 0.1) is 0 Å². The van der Waals surface area contributed by atoms with E-state index in [4.69, 9.17) is 9.97 Å². The predicted molar refractivity (Wildman–Crippen MR) is 215 cm³/mol. The van der Waals surface area contributed by atoms with Crippen molar-refractivity contribution in [2.45, 2.75) is 52.4 Å². The van der Waals surface area contributed by atoms with Crippen molar-refractivity contribution >= 4 is 21.9 Å². The van der Waals surface area contributed by atoms with Gasteiger partial charge in [0.2, 0.25) is 0 Å². The smallest absolute Gasteiger partial charge is 0.149 e. The molecule has 5 aromatic carbocycles. The zero-order chi connectivity index (χ0) is 36.2. The fraction of sp³-hybridized carbons (Fsp3) is 0.170. The van der Waals surface area contributed by atoms with Crippen molar-refractivity contribution in [3.05, 3.63) is 151 Å². The van der Waals surface area contributed by atoms with Gasteiger partial charge in [0.25, 0.3) is 0 Å². The summed E-state index contributed by atoms with van der Waals surface area (Å²) in [5, 5.41) is 12.4. The second kappa shape index (κ2) is 12.6. The van der Waals surface area contributed by atoms with Gasteiger partial charge in [-0.1, -0.05) is 102 Å². The highest BCUT2D eigenvalue weighted by molar-refractivity contribution is 6.00. The standard InChI is InChI=1S/C47H42N4O/c1-46(2,3)35-19-20-42(52)40(28-35)45-50-44-38(17-10-18-41(44)51(45)37-15-8-7-9-16-37)33-24-34(26-36(25-33)47(4,5)6)39-27-32(31-14-11-21-48-29-31)23-30-13-12-22-49-43(30)39/h7-29,52H,1-6H3. The van der Waals surface area contributed by atoms with Crippen LogP contribution < -0.4 is 0 Å². The van der Waals surface area contributed by atoms with E-state index in [9.17, 15) is 5.11 Å². The fourth-order valence-corrected chi connectivity index (χ4v) is 7.02. The molecule has 5 nitrogen and oxygen atoms in total. The first-order valence-corrected chi connectivity index (χ1v) is 17.8. The van der Waals surface area contributed by atoms with Gasteiger partial charge in [-0.15, -0.1) is 0 Å². The molecule has 256 valence electrons. The van der Waals surface area contributed by atoms with Gasteiger partial charge in [0, 0.05) is 46.4 Å². The Labute approximate surface area is 305 Å². The minimum absolute atomic E-state index is 0.103. The Morgan fingerprint density at radius 1 is 0.538 bits per heavy atom. The Morgan fingerprint density at radius 2 is 1.29 bits per heavy atom. The van der Waals surface area contributed by atoms with E-state index in [1.54, 1.807) is 12.3 Å². The molecule has 0 unspecified atom stereocenters. The van der Waals surface area contributed by atoms with Gasteiger partial charge >= 0.3 is 0 Å². The average molecular weight is 679 g/mol. The van der Waals surface area contributed by atoms with Gasteiger partial charge in [-0.05, 0) is 99.3 Å². The molecule has 0 atom stereocenters. The predicted octanol–water partition coefficient (Wildman–Crippen LogP) is 11.9. The number of phenolic OH excluding ortho intramolecular Hbond substituents is 1. The van der Waals surface area contributed by atoms with Crippen LogP contribution in [0.1, 0.15) is 52.7 Å². The first-order valence-electron chi connectivity index (χ1n) is 17.8. The van der Waals surface area contributed by atoms with Crippen LogP contribution in [-0.4, -0.2) is 24.6 Å². The Balaban J connectivity index is 1.41. The summed E-state index contributed by atoms with van der Waals surface area (Å²) >= 11 is 0. The van der Waals surface area contributed by atoms with Gasteiger partial charge in [-0.2, -0.15) is 0 Å². The van der Waals surface area contributed by atoms with E-state index < -0.39 is 0 Å². The molecule has 0 fully saturated rings. The zero-order valence-electron chi connectivity index (χ0n) is 30.5. The molecule has 8 aromatic rings. The van der Waals surface area contributed by atoms with E-state index in [0.717, 1.165) is 66.6 Å². The molecule has 0 aliphatic heterocycles. The van der Waals surface area contributed by atoms with Crippen LogP contribution in [0.15, 0.2) is 140 Å². The first-order chi connectivity index (χ1) is 25.0. The average Bonchev–Trinajstić information content (AvgIpc) is 3.54. The lowest BCUT2D eigenvalue weighted by Gasteiger charge is -2.22. The summed E-state index contributed by atoms with van der Waals surface area (Å²) in [5.41, 5.74) is 13.0. The summed E-state index contributed by atoms with van der Waals surface area (Å²) in [7, 11) is 0. The Bertz CT molecular complexity index is 2590. The van der Waals surface area contributed by atoms with Crippen LogP contribution in [0.2, 0.25) is 0 Å². The van der Waals surface area contributed by atoms with Gasteiger partial charge < -0.3 is 5.11 Å². The van der Waals surface area contributed by atoms with E-state index in [0.29, 0.717) is 11.4 Å². The van der Waals surface area contributed by atoms with Crippen molar-refractivity contribution in [3.63, 3.8) is 0 Å². The minimum atomic E-state index is -0.128. The number of imidazole rings is 1. The largest absolute Gasteiger partial charge is 0.507 e. The molecule has 0 saturated carbocycles. The molecule has 5 heteroatoms. The van der Waals surface area contributed by atoms with Crippen molar-refractivity contribution in [2.24, 2.45) is 0 Å². The quantitative estimate of drug-likeness (QED) is 0.197. The molecule has 0 bridgehead atoms. The first kappa shape index (κ1) is 33.1. The molecule has 0 radical (unpaired) electrons. The molecule has 0 spiro atoms. The highest BCUT2D eigenvalue weighted by Crippen LogP contribution is 2.42. The maximum atomic E-state index is 11.4. The third kappa shape index (κ3) is 6.02. The summed E-state index contributed by atoms with van der Waals surface area (Å²) in [4.78, 5) is 14.7. The van der Waals surface area contributed by atoms with Crippen LogP contribution in [0.25, 0.3) is 72.4 Å². The van der Waals surface area contributed by atoms with Crippen molar-refractivity contribution in [3.8, 4) is 56.2 Å². The summed E-state index contributed by atoms with van der Waals surface area (Å²) in [5.74, 6) is 0.899. The summed E-state index contributed by atoms with van der Waals surface area (Å²) in [6.07, 6.45) is 5.58. The highest BCUT2D eigenvalue weighted by Gasteiger charge is 2.24. The van der Waals surface area contributed by atoms with E-state index in [1.807, 2.05) is 48.8 Å². The van der Waals surface area contributed by atoms with E-state index in [2.05, 4.69) is 130 Å². The maximum absolute atomic E-state index is 11.4. The van der Waals surface area contributed by atoms with E-state index in [1.165, 1.54) is 5.56 Å². The van der Waals surface area contributed by atoms with Gasteiger partial charge in [0.1, 0.15) is 11.6 Å². The van der Waals surface area contributed by atoms with Crippen LogP contribution in [0.5, 0.6) is 5.75 Å². The molecular formula is C47H42N4O. The number of pyridine rings is 2. The van der Waals surface area contributed by atoms with Gasteiger partial charge in [-0.25, -0.2) is 4.98 Å². The van der Waals surface area contributed by atoms with E-state index in [-0.39, 0.29) is 16.6 Å². The third-order valence-electron chi connectivity index (χ3n) is 9.92. The monoisotopic (exact) mass is 678 g/mol. The van der Waals surface area contributed by atoms with E-state index >= 15 is 0 Å². The molecule has 52 heavy (non-hydrogen) atoms. The minimum Gasteiger partial charge on any atom is -0.507 e. The molecule has 0 amide bonds. The number of phenols is 1. The number of hydrogen-bond acceptors (Lipinski definition) is 4. The van der Waals surface area contributed by atoms with Crippen molar-refractivity contribution < 1.29 is 5.11 Å². The number of aromatic nitrogens is 4. The lowest BCUT2D eigenvalue weighted by Crippen LogP contribution is -2.11. The Kier molecular flexibility index (Phi) is 8.02. The third-order valence-corrected chi connectivity index (χ3v) is 9.92. The van der Waals surface area contributed by atoms with Crippen LogP contribution in [-0.2, 0) is 10.8 Å². The molecule has 0 aliphatic rings. The van der Waals surface area contributed by atoms with Crippen molar-refractivity contribution in [2.75, 3.05) is 0 Å². The number of nitrogens with zero attached hydrogens (tertiary/aromatic N) is 4. The molecule has 0 aliphatic carbocycles. The molecule has 0 saturated heterocycles. The second-order valence-corrected chi connectivity index (χ2v) is 15.7. The van der Waals surface area contributed by atoms with Gasteiger partial charge in [-0.3, -0.25) is 14.5 Å². The molecule has 3 heterocycles. The SMILES string of the molecule is CC(C)(C)c1cc(-c2cc(-c3cccnc3)cc3cccnc23)cc(-c2cccc3c2nc(-c2cc(C(C)(C)C)ccc2O)n3-c2ccccc2)c1. The lowest BCUT2D eigenvalue weighted by molar-refractivity contribution is 0.475. The van der Waals surface area contributed by atoms with Gasteiger partial charge in [0.05, 0.1) is 22.1 Å². The zero-order valence-corrected chi connectivity index (χ0v) is 30.5. The highest BCUT2D eigenvalue weighted by atomic mass is 16.3. The number of rotatable bonds is 5. The topological polar surface area (TPSA) is 63.8 Å². The van der Waals surface area contributed by atoms with Crippen LogP contribution in [0.3, 0.4) is 0 Å². The summed E-state index contributed by atoms with van der Waals surface area (Å²) in [6, 6.07) is 42.1. The molecule has 1 N–H and O–H groups in total. The number of hydrogen-bond donors (Lipinski definition) is 1. The van der Waals surface area contributed by atoms with Crippen molar-refractivity contribution in [1.29, 1.82) is 0 Å². The van der Waals surface area contributed by atoms with Crippen molar-refractivity contribution in [1.82, 2.24) is 19.5 Å². The number of fused-ring (bicyclic) bond motifs is 2. The number of benzene rings is 5.